The van der Waals surface area contributed by atoms with E-state index in [0.717, 1.165) is 44.9 Å². The van der Waals surface area contributed by atoms with Crippen molar-refractivity contribution in [2.24, 2.45) is 0 Å². The summed E-state index contributed by atoms with van der Waals surface area (Å²) in [6, 6.07) is 10.0. The molecule has 0 unspecified atom stereocenters. The fourth-order valence-electron chi connectivity index (χ4n) is 4.74. The van der Waals surface area contributed by atoms with Crippen LogP contribution in [0.15, 0.2) is 35.1 Å². The van der Waals surface area contributed by atoms with Gasteiger partial charge in [0.1, 0.15) is 0 Å². The first-order valence-corrected chi connectivity index (χ1v) is 14.6. The third kappa shape index (κ3) is 8.69. The van der Waals surface area contributed by atoms with Crippen molar-refractivity contribution in [1.82, 2.24) is 4.98 Å². The maximum atomic E-state index is 12.6. The number of hydrogen-bond donors (Lipinski definition) is 1. The normalized spacial score (nSPS) is 11.5. The standard InChI is InChI=1S/C30H44N2OS/c1-3-4-5-6-7-8-9-10-11-12-13-14-15-16-17-18-24-21-27-30(23-28(24)33)34-29-22-25(31-2)19-20-26(29)32-27/h19-23,31H,3-18H2,1-2H3. The second-order valence-corrected chi connectivity index (χ2v) is 10.9. The van der Waals surface area contributed by atoms with Crippen LogP contribution in [-0.4, -0.2) is 12.0 Å². The van der Waals surface area contributed by atoms with Crippen molar-refractivity contribution in [1.29, 1.82) is 0 Å². The molecule has 1 aliphatic heterocycles. The molecule has 34 heavy (non-hydrogen) atoms. The van der Waals surface area contributed by atoms with Crippen molar-refractivity contribution in [2.75, 3.05) is 12.4 Å². The van der Waals surface area contributed by atoms with E-state index >= 15 is 0 Å². The van der Waals surface area contributed by atoms with Crippen LogP contribution < -0.4 is 10.7 Å². The lowest BCUT2D eigenvalue weighted by atomic mass is 10.0. The molecular weight excluding hydrogens is 436 g/mol. The van der Waals surface area contributed by atoms with Crippen molar-refractivity contribution in [3.8, 4) is 10.6 Å². The fourth-order valence-corrected chi connectivity index (χ4v) is 5.75. The SMILES string of the molecule is CCCCCCCCCCCCCCCCCc1cc2nc3ccc(NC)cc3sc-2cc1=O. The van der Waals surface area contributed by atoms with Crippen LogP contribution >= 0.6 is 11.3 Å². The van der Waals surface area contributed by atoms with Crippen molar-refractivity contribution in [2.45, 2.75) is 110 Å². The molecule has 1 heterocycles. The van der Waals surface area contributed by atoms with E-state index in [1.807, 2.05) is 19.2 Å². The fraction of sp³-hybridized carbons (Fsp3) is 0.600. The summed E-state index contributed by atoms with van der Waals surface area (Å²) in [6.45, 7) is 2.28. The van der Waals surface area contributed by atoms with Crippen LogP contribution in [0.4, 0.5) is 5.69 Å². The van der Waals surface area contributed by atoms with Gasteiger partial charge in [-0.15, -0.1) is 11.3 Å². The lowest BCUT2D eigenvalue weighted by Crippen LogP contribution is -2.09. The lowest BCUT2D eigenvalue weighted by molar-refractivity contribution is 0.532. The second-order valence-electron chi connectivity index (χ2n) is 9.77. The number of nitrogens with one attached hydrogen (secondary N) is 1. The van der Waals surface area contributed by atoms with Crippen molar-refractivity contribution < 1.29 is 0 Å². The molecular formula is C30H44N2OS. The van der Waals surface area contributed by atoms with Gasteiger partial charge in [-0.25, -0.2) is 4.98 Å². The third-order valence-electron chi connectivity index (χ3n) is 6.90. The van der Waals surface area contributed by atoms with Gasteiger partial charge in [0.2, 0.25) is 0 Å². The summed E-state index contributed by atoms with van der Waals surface area (Å²) in [5.41, 5.74) is 4.10. The molecule has 0 amide bonds. The van der Waals surface area contributed by atoms with Gasteiger partial charge in [0.25, 0.3) is 0 Å². The number of anilines is 1. The number of unbranched alkanes of at least 4 members (excludes halogenated alkanes) is 14. The van der Waals surface area contributed by atoms with Crippen LogP contribution in [0.2, 0.25) is 0 Å². The number of fused-ring (bicyclic) bond motifs is 2. The van der Waals surface area contributed by atoms with E-state index in [9.17, 15) is 4.79 Å². The summed E-state index contributed by atoms with van der Waals surface area (Å²) in [4.78, 5) is 18.4. The maximum absolute atomic E-state index is 12.6. The molecule has 0 saturated carbocycles. The molecule has 186 valence electrons. The smallest absolute Gasteiger partial charge is 0.183 e. The highest BCUT2D eigenvalue weighted by Crippen LogP contribution is 2.31. The van der Waals surface area contributed by atoms with E-state index in [1.165, 1.54) is 89.9 Å². The topological polar surface area (TPSA) is 42.0 Å². The quantitative estimate of drug-likeness (QED) is 0.155. The van der Waals surface area contributed by atoms with E-state index < -0.39 is 0 Å². The number of aromatic nitrogens is 1. The molecule has 0 fully saturated rings. The van der Waals surface area contributed by atoms with Crippen LogP contribution in [0.3, 0.4) is 0 Å². The summed E-state index contributed by atoms with van der Waals surface area (Å²) < 4.78 is 1.11. The van der Waals surface area contributed by atoms with Gasteiger partial charge in [-0.1, -0.05) is 96.8 Å². The van der Waals surface area contributed by atoms with Crippen LogP contribution in [0.1, 0.15) is 109 Å². The van der Waals surface area contributed by atoms with Crippen molar-refractivity contribution in [3.05, 3.63) is 46.1 Å². The first kappa shape index (κ1) is 26.7. The zero-order valence-electron chi connectivity index (χ0n) is 21.5. The molecule has 0 bridgehead atoms. The highest BCUT2D eigenvalue weighted by atomic mass is 32.1. The number of nitrogens with zero attached hydrogens (tertiary/aromatic N) is 1. The number of hydrogen-bond acceptors (Lipinski definition) is 4. The number of rotatable bonds is 17. The lowest BCUT2D eigenvalue weighted by Gasteiger charge is -2.09. The minimum atomic E-state index is 0.167. The van der Waals surface area contributed by atoms with Gasteiger partial charge in [0.05, 0.1) is 20.8 Å². The molecule has 0 saturated heterocycles. The van der Waals surface area contributed by atoms with Gasteiger partial charge < -0.3 is 5.32 Å². The van der Waals surface area contributed by atoms with Crippen molar-refractivity contribution >= 4 is 27.2 Å². The molecule has 0 atom stereocenters. The summed E-state index contributed by atoms with van der Waals surface area (Å²) in [5, 5.41) is 3.17. The molecule has 1 aliphatic carbocycles. The van der Waals surface area contributed by atoms with Crippen LogP contribution in [0.25, 0.3) is 20.8 Å². The van der Waals surface area contributed by atoms with Gasteiger partial charge in [-0.05, 0) is 37.1 Å². The predicted octanol–water partition coefficient (Wildman–Crippen LogP) is 9.22. The number of aryl methyl sites for hydroxylation is 1. The maximum Gasteiger partial charge on any atom is 0.183 e. The molecule has 0 spiro atoms. The Labute approximate surface area is 210 Å². The van der Waals surface area contributed by atoms with Crippen molar-refractivity contribution in [3.63, 3.8) is 0 Å². The molecule has 4 heteroatoms. The van der Waals surface area contributed by atoms with E-state index in [4.69, 9.17) is 4.98 Å². The Kier molecular flexibility index (Phi) is 11.9. The highest BCUT2D eigenvalue weighted by molar-refractivity contribution is 7.21. The Morgan fingerprint density at radius 2 is 1.35 bits per heavy atom. The molecule has 1 aromatic carbocycles. The Balaban J connectivity index is 1.31. The van der Waals surface area contributed by atoms with Gasteiger partial charge in [0.15, 0.2) is 5.43 Å². The predicted molar refractivity (Wildman–Crippen MR) is 151 cm³/mol. The first-order chi connectivity index (χ1) is 16.7. The summed E-state index contributed by atoms with van der Waals surface area (Å²) in [6.07, 6.45) is 21.3. The summed E-state index contributed by atoms with van der Waals surface area (Å²) in [7, 11) is 1.92. The summed E-state index contributed by atoms with van der Waals surface area (Å²) >= 11 is 1.65. The second kappa shape index (κ2) is 15.1. The minimum Gasteiger partial charge on any atom is -0.388 e. The van der Waals surface area contributed by atoms with E-state index in [0.29, 0.717) is 0 Å². The molecule has 2 aliphatic rings. The molecule has 0 aromatic heterocycles. The molecule has 1 aromatic rings. The van der Waals surface area contributed by atoms with E-state index in [-0.39, 0.29) is 5.43 Å². The van der Waals surface area contributed by atoms with E-state index in [2.05, 4.69) is 24.4 Å². The monoisotopic (exact) mass is 480 g/mol. The zero-order valence-corrected chi connectivity index (χ0v) is 22.3. The Hall–Kier alpha value is -1.94. The average Bonchev–Trinajstić information content (AvgIpc) is 2.85. The van der Waals surface area contributed by atoms with Gasteiger partial charge >= 0.3 is 0 Å². The Morgan fingerprint density at radius 1 is 0.765 bits per heavy atom. The Bertz CT molecular complexity index is 1010. The van der Waals surface area contributed by atoms with Gasteiger partial charge in [0, 0.05) is 24.4 Å². The molecule has 3 nitrogen and oxygen atoms in total. The van der Waals surface area contributed by atoms with E-state index in [1.54, 1.807) is 17.4 Å². The molecule has 3 rings (SSSR count). The minimum absolute atomic E-state index is 0.167. The van der Waals surface area contributed by atoms with Gasteiger partial charge in [-0.3, -0.25) is 4.79 Å². The molecule has 1 N–H and O–H groups in total. The average molecular weight is 481 g/mol. The highest BCUT2D eigenvalue weighted by Gasteiger charge is 2.12. The largest absolute Gasteiger partial charge is 0.388 e. The Morgan fingerprint density at radius 3 is 1.94 bits per heavy atom. The van der Waals surface area contributed by atoms with Gasteiger partial charge in [-0.2, -0.15) is 0 Å². The number of benzene rings is 2. The first-order valence-electron chi connectivity index (χ1n) is 13.8. The third-order valence-corrected chi connectivity index (χ3v) is 7.99. The van der Waals surface area contributed by atoms with Crippen LogP contribution in [0, 0.1) is 0 Å². The molecule has 0 radical (unpaired) electrons. The van der Waals surface area contributed by atoms with Crippen LogP contribution in [0.5, 0.6) is 0 Å². The summed E-state index contributed by atoms with van der Waals surface area (Å²) in [5.74, 6) is 0. The van der Waals surface area contributed by atoms with Crippen LogP contribution in [-0.2, 0) is 6.42 Å². The zero-order chi connectivity index (χ0) is 24.0.